The predicted molar refractivity (Wildman–Crippen MR) is 64.9 cm³/mol. The summed E-state index contributed by atoms with van der Waals surface area (Å²) in [4.78, 5) is 13.3. The van der Waals surface area contributed by atoms with Crippen LogP contribution in [0, 0.1) is 0 Å². The van der Waals surface area contributed by atoms with Crippen molar-refractivity contribution in [2.75, 3.05) is 13.7 Å². The second-order valence-corrected chi connectivity index (χ2v) is 3.69. The van der Waals surface area contributed by atoms with Crippen LogP contribution in [-0.4, -0.2) is 41.0 Å². The van der Waals surface area contributed by atoms with Crippen molar-refractivity contribution in [3.63, 3.8) is 0 Å². The van der Waals surface area contributed by atoms with Gasteiger partial charge in [0.25, 0.3) is 0 Å². The summed E-state index contributed by atoms with van der Waals surface area (Å²) in [7, 11) is 1.35. The number of carboxylic acids is 1. The Kier molecular flexibility index (Phi) is 5.13. The van der Waals surface area contributed by atoms with Gasteiger partial charge in [-0.1, -0.05) is 5.11 Å². The first kappa shape index (κ1) is 14.8. The molecule has 0 radical (unpaired) electrons. The molecule has 0 fully saturated rings. The van der Waals surface area contributed by atoms with Gasteiger partial charge in [-0.3, -0.25) is 0 Å². The smallest absolute Gasteiger partial charge is 0.335 e. The molecule has 0 amide bonds. The van der Waals surface area contributed by atoms with E-state index in [0.717, 1.165) is 0 Å². The molecule has 0 bridgehead atoms. The number of benzene rings is 1. The first-order valence-corrected chi connectivity index (χ1v) is 5.29. The normalized spacial score (nSPS) is 13.2. The lowest BCUT2D eigenvalue weighted by atomic mass is 10.0. The maximum Gasteiger partial charge on any atom is 0.335 e. The first-order chi connectivity index (χ1) is 9.01. The van der Waals surface area contributed by atoms with Crippen molar-refractivity contribution in [3.8, 4) is 5.75 Å². The van der Waals surface area contributed by atoms with Gasteiger partial charge in [0.2, 0.25) is 0 Å². The summed E-state index contributed by atoms with van der Waals surface area (Å²) >= 11 is 0. The largest absolute Gasteiger partial charge is 0.496 e. The molecular weight excluding hydrogens is 254 g/mol. The summed E-state index contributed by atoms with van der Waals surface area (Å²) in [5.74, 6) is -0.932. The third-order valence-electron chi connectivity index (χ3n) is 2.49. The molecule has 0 saturated heterocycles. The molecule has 2 unspecified atom stereocenters. The first-order valence-electron chi connectivity index (χ1n) is 5.29. The topological polar surface area (TPSA) is 136 Å². The van der Waals surface area contributed by atoms with Crippen LogP contribution in [0.2, 0.25) is 0 Å². The molecule has 102 valence electrons. The molecule has 1 rings (SSSR count). The summed E-state index contributed by atoms with van der Waals surface area (Å²) in [5.41, 5.74) is 8.21. The van der Waals surface area contributed by atoms with Crippen LogP contribution in [0.3, 0.4) is 0 Å². The van der Waals surface area contributed by atoms with E-state index in [9.17, 15) is 15.0 Å². The molecule has 0 heterocycles. The molecule has 2 atom stereocenters. The standard InChI is InChI=1S/C11H13N3O5/c1-19-9-3-2-6(11(17)18)4-7(9)10(16)8(15)5-13-14-12/h2-4,8,10,15-16H,5H2,1H3,(H,17,18). The molecule has 1 aromatic carbocycles. The Morgan fingerprint density at radius 3 is 2.74 bits per heavy atom. The Balaban J connectivity index is 3.11. The monoisotopic (exact) mass is 267 g/mol. The molecule has 8 heteroatoms. The van der Waals surface area contributed by atoms with Crippen LogP contribution in [0.1, 0.15) is 22.0 Å². The number of aliphatic hydroxyl groups excluding tert-OH is 2. The number of aliphatic hydroxyl groups is 2. The van der Waals surface area contributed by atoms with Crippen LogP contribution >= 0.6 is 0 Å². The average molecular weight is 267 g/mol. The van der Waals surface area contributed by atoms with Crippen molar-refractivity contribution in [2.45, 2.75) is 12.2 Å². The second-order valence-electron chi connectivity index (χ2n) is 3.69. The van der Waals surface area contributed by atoms with Gasteiger partial charge >= 0.3 is 5.97 Å². The number of hydrogen-bond acceptors (Lipinski definition) is 5. The van der Waals surface area contributed by atoms with Gasteiger partial charge in [0.1, 0.15) is 11.9 Å². The van der Waals surface area contributed by atoms with Gasteiger partial charge in [-0.05, 0) is 23.7 Å². The lowest BCUT2D eigenvalue weighted by molar-refractivity contribution is 0.0229. The highest BCUT2D eigenvalue weighted by molar-refractivity contribution is 5.88. The molecule has 0 saturated carbocycles. The summed E-state index contributed by atoms with van der Waals surface area (Å²) in [6, 6.07) is 3.89. The average Bonchev–Trinajstić information content (AvgIpc) is 2.42. The van der Waals surface area contributed by atoms with Crippen LogP contribution in [0.25, 0.3) is 10.4 Å². The minimum absolute atomic E-state index is 0.0502. The summed E-state index contributed by atoms with van der Waals surface area (Å²) in [5, 5.41) is 31.6. The van der Waals surface area contributed by atoms with Gasteiger partial charge in [0.05, 0.1) is 25.3 Å². The number of rotatable bonds is 6. The van der Waals surface area contributed by atoms with Gasteiger partial charge in [0, 0.05) is 10.5 Å². The van der Waals surface area contributed by atoms with Gasteiger partial charge in [-0.15, -0.1) is 0 Å². The zero-order valence-electron chi connectivity index (χ0n) is 10.1. The van der Waals surface area contributed by atoms with Gasteiger partial charge in [-0.2, -0.15) is 0 Å². The Labute approximate surface area is 108 Å². The molecule has 1 aromatic rings. The van der Waals surface area contributed by atoms with Crippen LogP contribution in [0.5, 0.6) is 5.75 Å². The Morgan fingerprint density at radius 1 is 1.53 bits per heavy atom. The van der Waals surface area contributed by atoms with E-state index in [2.05, 4.69) is 10.0 Å². The number of hydrogen-bond donors (Lipinski definition) is 3. The van der Waals surface area contributed by atoms with E-state index in [1.54, 1.807) is 0 Å². The molecule has 0 aliphatic heterocycles. The maximum absolute atomic E-state index is 10.9. The van der Waals surface area contributed by atoms with Crippen LogP contribution in [0.4, 0.5) is 0 Å². The number of carbonyl (C=O) groups is 1. The number of ether oxygens (including phenoxy) is 1. The van der Waals surface area contributed by atoms with Gasteiger partial charge in [-0.25, -0.2) is 4.79 Å². The fourth-order valence-electron chi connectivity index (χ4n) is 1.53. The zero-order chi connectivity index (χ0) is 14.4. The van der Waals surface area contributed by atoms with E-state index in [4.69, 9.17) is 15.4 Å². The van der Waals surface area contributed by atoms with Crippen molar-refractivity contribution < 1.29 is 24.9 Å². The molecule has 0 aliphatic rings. The third kappa shape index (κ3) is 3.59. The molecule has 0 aromatic heterocycles. The SMILES string of the molecule is COc1ccc(C(=O)O)cc1C(O)C(O)CN=[N+]=[N-]. The van der Waals surface area contributed by atoms with E-state index in [1.165, 1.54) is 25.3 Å². The molecule has 8 nitrogen and oxygen atoms in total. The third-order valence-corrected chi connectivity index (χ3v) is 2.49. The van der Waals surface area contributed by atoms with E-state index >= 15 is 0 Å². The highest BCUT2D eigenvalue weighted by Crippen LogP contribution is 2.28. The Hall–Kier alpha value is -2.28. The van der Waals surface area contributed by atoms with Crippen LogP contribution < -0.4 is 4.74 Å². The van der Waals surface area contributed by atoms with Crippen LogP contribution in [0.15, 0.2) is 23.3 Å². The van der Waals surface area contributed by atoms with E-state index in [-0.39, 0.29) is 23.4 Å². The number of aromatic carboxylic acids is 1. The highest BCUT2D eigenvalue weighted by atomic mass is 16.5. The van der Waals surface area contributed by atoms with Crippen molar-refractivity contribution in [1.82, 2.24) is 0 Å². The molecule has 0 spiro atoms. The van der Waals surface area contributed by atoms with Gasteiger partial charge in [0.15, 0.2) is 0 Å². The van der Waals surface area contributed by atoms with Crippen molar-refractivity contribution in [2.24, 2.45) is 5.11 Å². The lowest BCUT2D eigenvalue weighted by Crippen LogP contribution is -2.22. The van der Waals surface area contributed by atoms with Crippen molar-refractivity contribution >= 4 is 5.97 Å². The Bertz CT molecular complexity index is 513. The van der Waals surface area contributed by atoms with Crippen molar-refractivity contribution in [1.29, 1.82) is 0 Å². The lowest BCUT2D eigenvalue weighted by Gasteiger charge is -2.19. The Morgan fingerprint density at radius 2 is 2.21 bits per heavy atom. The number of azide groups is 1. The van der Waals surface area contributed by atoms with E-state index in [0.29, 0.717) is 0 Å². The molecule has 3 N–H and O–H groups in total. The number of carboxylic acid groups (broad SMARTS) is 1. The molecule has 0 aliphatic carbocycles. The summed E-state index contributed by atoms with van der Waals surface area (Å²) in [6.07, 6.45) is -2.77. The zero-order valence-corrected chi connectivity index (χ0v) is 10.1. The highest BCUT2D eigenvalue weighted by Gasteiger charge is 2.22. The quantitative estimate of drug-likeness (QED) is 0.402. The predicted octanol–water partition coefficient (Wildman–Crippen LogP) is 1.10. The minimum atomic E-state index is -1.42. The maximum atomic E-state index is 10.9. The fraction of sp³-hybridized carbons (Fsp3) is 0.364. The molecular formula is C11H13N3O5. The van der Waals surface area contributed by atoms with Crippen LogP contribution in [-0.2, 0) is 0 Å². The van der Waals surface area contributed by atoms with Gasteiger partial charge < -0.3 is 20.1 Å². The summed E-state index contributed by atoms with van der Waals surface area (Å²) in [6.45, 7) is -0.335. The number of nitrogens with zero attached hydrogens (tertiary/aromatic N) is 3. The second kappa shape index (κ2) is 6.60. The fourth-order valence-corrected chi connectivity index (χ4v) is 1.53. The van der Waals surface area contributed by atoms with E-state index < -0.39 is 18.2 Å². The number of methoxy groups -OCH3 is 1. The minimum Gasteiger partial charge on any atom is -0.496 e. The van der Waals surface area contributed by atoms with E-state index in [1.807, 2.05) is 0 Å². The summed E-state index contributed by atoms with van der Waals surface area (Å²) < 4.78 is 4.99. The molecule has 19 heavy (non-hydrogen) atoms. The van der Waals surface area contributed by atoms with Crippen molar-refractivity contribution in [3.05, 3.63) is 39.8 Å².